The van der Waals surface area contributed by atoms with Gasteiger partial charge in [-0.05, 0) is 38.2 Å². The van der Waals surface area contributed by atoms with Crippen LogP contribution in [0, 0.1) is 5.92 Å². The molecule has 4 atom stereocenters. The van der Waals surface area contributed by atoms with Crippen molar-refractivity contribution < 1.29 is 5.11 Å². The number of nitrogens with two attached hydrogens (primary N) is 1. The molecule has 1 fully saturated rings. The van der Waals surface area contributed by atoms with Gasteiger partial charge in [0, 0.05) is 25.2 Å². The van der Waals surface area contributed by atoms with Gasteiger partial charge in [0.15, 0.2) is 0 Å². The Kier molecular flexibility index (Phi) is 4.97. The van der Waals surface area contributed by atoms with E-state index >= 15 is 0 Å². The van der Waals surface area contributed by atoms with Crippen molar-refractivity contribution in [2.75, 3.05) is 6.54 Å². The summed E-state index contributed by atoms with van der Waals surface area (Å²) in [4.78, 5) is 2.54. The van der Waals surface area contributed by atoms with E-state index in [2.05, 4.69) is 49.1 Å². The van der Waals surface area contributed by atoms with E-state index in [0.29, 0.717) is 24.5 Å². The highest BCUT2D eigenvalue weighted by molar-refractivity contribution is 5.15. The minimum Gasteiger partial charge on any atom is -0.392 e. The van der Waals surface area contributed by atoms with Crippen LogP contribution in [0.4, 0.5) is 0 Å². The Labute approximate surface area is 116 Å². The number of likely N-dealkylation sites (tertiary alicyclic amines) is 1. The first kappa shape index (κ1) is 14.5. The molecular weight excluding hydrogens is 236 g/mol. The second-order valence-corrected chi connectivity index (χ2v) is 5.89. The predicted octanol–water partition coefficient (Wildman–Crippen LogP) is 2.00. The first-order valence-electron chi connectivity index (χ1n) is 7.29. The molecular formula is C16H26N2O. The predicted molar refractivity (Wildman–Crippen MR) is 78.7 cm³/mol. The molecule has 0 saturated carbocycles. The number of hydrogen-bond acceptors (Lipinski definition) is 3. The average Bonchev–Trinajstić information content (AvgIpc) is 2.43. The number of benzene rings is 1. The van der Waals surface area contributed by atoms with Gasteiger partial charge in [0.05, 0.1) is 6.10 Å². The van der Waals surface area contributed by atoms with Crippen LogP contribution in [-0.4, -0.2) is 34.7 Å². The van der Waals surface area contributed by atoms with E-state index in [1.165, 1.54) is 5.56 Å². The smallest absolute Gasteiger partial charge is 0.0691 e. The second-order valence-electron chi connectivity index (χ2n) is 5.89. The van der Waals surface area contributed by atoms with Crippen LogP contribution in [0.3, 0.4) is 0 Å². The van der Waals surface area contributed by atoms with Crippen molar-refractivity contribution in [1.82, 2.24) is 4.90 Å². The fraction of sp³-hybridized carbons (Fsp3) is 0.625. The summed E-state index contributed by atoms with van der Waals surface area (Å²) in [6, 6.07) is 11.6. The molecule has 3 N–H and O–H groups in total. The molecule has 0 radical (unpaired) electrons. The number of hydrogen-bond donors (Lipinski definition) is 2. The van der Waals surface area contributed by atoms with Crippen molar-refractivity contribution in [3.63, 3.8) is 0 Å². The Morgan fingerprint density at radius 2 is 1.79 bits per heavy atom. The molecule has 0 aromatic heterocycles. The van der Waals surface area contributed by atoms with Gasteiger partial charge in [-0.1, -0.05) is 30.3 Å². The highest BCUT2D eigenvalue weighted by atomic mass is 16.3. The summed E-state index contributed by atoms with van der Waals surface area (Å²) in [5.74, 6) is 0.349. The monoisotopic (exact) mass is 262 g/mol. The molecule has 0 spiro atoms. The van der Waals surface area contributed by atoms with E-state index in [-0.39, 0.29) is 6.10 Å². The lowest BCUT2D eigenvalue weighted by atomic mass is 9.83. The summed E-state index contributed by atoms with van der Waals surface area (Å²) in [6.45, 7) is 5.89. The molecule has 19 heavy (non-hydrogen) atoms. The molecule has 0 aliphatic carbocycles. The zero-order chi connectivity index (χ0) is 13.8. The molecule has 106 valence electrons. The van der Waals surface area contributed by atoms with Crippen LogP contribution in [0.5, 0.6) is 0 Å². The lowest BCUT2D eigenvalue weighted by molar-refractivity contribution is 0.00690. The van der Waals surface area contributed by atoms with Crippen LogP contribution in [0.15, 0.2) is 30.3 Å². The van der Waals surface area contributed by atoms with Crippen molar-refractivity contribution in [2.24, 2.45) is 11.7 Å². The summed E-state index contributed by atoms with van der Waals surface area (Å²) in [7, 11) is 0. The van der Waals surface area contributed by atoms with E-state index in [9.17, 15) is 5.11 Å². The molecule has 0 amide bonds. The van der Waals surface area contributed by atoms with E-state index in [1.807, 2.05) is 0 Å². The quantitative estimate of drug-likeness (QED) is 0.872. The third-order valence-corrected chi connectivity index (χ3v) is 4.41. The van der Waals surface area contributed by atoms with Gasteiger partial charge in [-0.3, -0.25) is 4.90 Å². The zero-order valence-corrected chi connectivity index (χ0v) is 12.0. The highest BCUT2D eigenvalue weighted by Crippen LogP contribution is 2.30. The molecule has 2 rings (SSSR count). The fourth-order valence-electron chi connectivity index (χ4n) is 3.29. The maximum absolute atomic E-state index is 9.95. The number of rotatable bonds is 4. The Hall–Kier alpha value is -0.900. The summed E-state index contributed by atoms with van der Waals surface area (Å²) in [6.07, 6.45) is 1.73. The lowest BCUT2D eigenvalue weighted by Crippen LogP contribution is -2.49. The van der Waals surface area contributed by atoms with E-state index < -0.39 is 0 Å². The number of piperidine rings is 1. The average molecular weight is 262 g/mol. The zero-order valence-electron chi connectivity index (χ0n) is 12.0. The van der Waals surface area contributed by atoms with Crippen molar-refractivity contribution in [3.05, 3.63) is 35.9 Å². The fourth-order valence-corrected chi connectivity index (χ4v) is 3.29. The Morgan fingerprint density at radius 3 is 2.32 bits per heavy atom. The standard InChI is InChI=1S/C16H26N2O/c1-12-8-15(16(19)10-17)9-13(2)18(12)11-14-6-4-3-5-7-14/h3-7,12-13,15-16,19H,8-11,17H2,1-2H3/t12-,13+,15?,16?. The summed E-state index contributed by atoms with van der Waals surface area (Å²) in [5.41, 5.74) is 6.95. The molecule has 0 bridgehead atoms. The molecule has 1 heterocycles. The van der Waals surface area contributed by atoms with Crippen LogP contribution in [0.1, 0.15) is 32.3 Å². The minimum atomic E-state index is -0.344. The minimum absolute atomic E-state index is 0.344. The van der Waals surface area contributed by atoms with E-state index in [4.69, 9.17) is 5.73 Å². The molecule has 2 unspecified atom stereocenters. The molecule has 3 heteroatoms. The molecule has 1 aliphatic rings. The summed E-state index contributed by atoms with van der Waals surface area (Å²) < 4.78 is 0. The van der Waals surface area contributed by atoms with Crippen molar-refractivity contribution in [3.8, 4) is 0 Å². The van der Waals surface area contributed by atoms with Crippen molar-refractivity contribution in [2.45, 2.75) is 51.4 Å². The third-order valence-electron chi connectivity index (χ3n) is 4.41. The van der Waals surface area contributed by atoms with Crippen molar-refractivity contribution in [1.29, 1.82) is 0 Å². The van der Waals surface area contributed by atoms with E-state index in [1.54, 1.807) is 0 Å². The summed E-state index contributed by atoms with van der Waals surface area (Å²) >= 11 is 0. The number of aliphatic hydroxyl groups is 1. The first-order chi connectivity index (χ1) is 9.11. The maximum atomic E-state index is 9.95. The van der Waals surface area contributed by atoms with Crippen LogP contribution in [0.2, 0.25) is 0 Å². The highest BCUT2D eigenvalue weighted by Gasteiger charge is 2.33. The molecule has 1 aromatic rings. The van der Waals surface area contributed by atoms with Crippen LogP contribution >= 0.6 is 0 Å². The first-order valence-corrected chi connectivity index (χ1v) is 7.29. The lowest BCUT2D eigenvalue weighted by Gasteiger charge is -2.44. The number of aliphatic hydroxyl groups excluding tert-OH is 1. The second kappa shape index (κ2) is 6.51. The summed E-state index contributed by atoms with van der Waals surface area (Å²) in [5, 5.41) is 9.95. The number of nitrogens with zero attached hydrogens (tertiary/aromatic N) is 1. The van der Waals surface area contributed by atoms with Gasteiger partial charge in [0.25, 0.3) is 0 Å². The van der Waals surface area contributed by atoms with Gasteiger partial charge in [-0.25, -0.2) is 0 Å². The topological polar surface area (TPSA) is 49.5 Å². The van der Waals surface area contributed by atoms with Crippen molar-refractivity contribution >= 4 is 0 Å². The molecule has 3 nitrogen and oxygen atoms in total. The van der Waals surface area contributed by atoms with Crippen LogP contribution < -0.4 is 5.73 Å². The van der Waals surface area contributed by atoms with Gasteiger partial charge in [-0.15, -0.1) is 0 Å². The van der Waals surface area contributed by atoms with E-state index in [0.717, 1.165) is 19.4 Å². The van der Waals surface area contributed by atoms with Gasteiger partial charge in [0.1, 0.15) is 0 Å². The Morgan fingerprint density at radius 1 is 1.21 bits per heavy atom. The largest absolute Gasteiger partial charge is 0.392 e. The normalized spacial score (nSPS) is 30.2. The Balaban J connectivity index is 2.00. The molecule has 1 aliphatic heterocycles. The van der Waals surface area contributed by atoms with Gasteiger partial charge in [-0.2, -0.15) is 0 Å². The van der Waals surface area contributed by atoms with Crippen LogP contribution in [-0.2, 0) is 6.54 Å². The SMILES string of the molecule is C[C@@H]1CC(C(O)CN)C[C@H](C)N1Cc1ccccc1. The molecule has 1 saturated heterocycles. The van der Waals surface area contributed by atoms with Gasteiger partial charge >= 0.3 is 0 Å². The van der Waals surface area contributed by atoms with Gasteiger partial charge < -0.3 is 10.8 Å². The molecule has 1 aromatic carbocycles. The maximum Gasteiger partial charge on any atom is 0.0691 e. The van der Waals surface area contributed by atoms with Gasteiger partial charge in [0.2, 0.25) is 0 Å². The van der Waals surface area contributed by atoms with Crippen LogP contribution in [0.25, 0.3) is 0 Å². The Bertz CT molecular complexity index is 370. The third kappa shape index (κ3) is 3.56.